The van der Waals surface area contributed by atoms with Gasteiger partial charge in [0.05, 0.1) is 12.3 Å². The second-order valence-electron chi connectivity index (χ2n) is 2.93. The molecule has 0 bridgehead atoms. The summed E-state index contributed by atoms with van der Waals surface area (Å²) < 4.78 is 5.41. The van der Waals surface area contributed by atoms with Crippen molar-refractivity contribution in [3.63, 3.8) is 0 Å². The Balaban J connectivity index is 2.31. The largest absolute Gasteiger partial charge is 0.494 e. The molecule has 0 aliphatic rings. The Bertz CT molecular complexity index is 395. The molecular formula is C11H12N2O. The first-order valence-electron chi connectivity index (χ1n) is 4.63. The second kappa shape index (κ2) is 3.96. The van der Waals surface area contributed by atoms with E-state index in [9.17, 15) is 0 Å². The van der Waals surface area contributed by atoms with Gasteiger partial charge < -0.3 is 4.74 Å². The van der Waals surface area contributed by atoms with E-state index >= 15 is 0 Å². The highest BCUT2D eigenvalue weighted by molar-refractivity contribution is 5.60. The van der Waals surface area contributed by atoms with E-state index in [1.165, 1.54) is 0 Å². The highest BCUT2D eigenvalue weighted by Crippen LogP contribution is 2.21. The van der Waals surface area contributed by atoms with Gasteiger partial charge in [-0.05, 0) is 25.1 Å². The van der Waals surface area contributed by atoms with Crippen LogP contribution in [0.15, 0.2) is 36.5 Å². The summed E-state index contributed by atoms with van der Waals surface area (Å²) in [6, 6.07) is 9.88. The number of ether oxygens (including phenoxy) is 1. The summed E-state index contributed by atoms with van der Waals surface area (Å²) >= 11 is 0. The summed E-state index contributed by atoms with van der Waals surface area (Å²) in [7, 11) is 0. The molecule has 0 radical (unpaired) electrons. The maximum absolute atomic E-state index is 5.41. The van der Waals surface area contributed by atoms with E-state index in [4.69, 9.17) is 4.74 Å². The molecule has 3 nitrogen and oxygen atoms in total. The highest BCUT2D eigenvalue weighted by atomic mass is 16.5. The van der Waals surface area contributed by atoms with Gasteiger partial charge >= 0.3 is 0 Å². The van der Waals surface area contributed by atoms with Crippen molar-refractivity contribution in [2.45, 2.75) is 6.92 Å². The molecule has 1 aromatic carbocycles. The molecule has 14 heavy (non-hydrogen) atoms. The fourth-order valence-electron chi connectivity index (χ4n) is 1.34. The van der Waals surface area contributed by atoms with Crippen LogP contribution in [0.1, 0.15) is 6.92 Å². The van der Waals surface area contributed by atoms with Crippen LogP contribution in [-0.4, -0.2) is 16.8 Å². The summed E-state index contributed by atoms with van der Waals surface area (Å²) in [5.74, 6) is 0.889. The molecule has 1 N–H and O–H groups in total. The summed E-state index contributed by atoms with van der Waals surface area (Å²) in [4.78, 5) is 0. The molecule has 0 atom stereocenters. The van der Waals surface area contributed by atoms with E-state index in [-0.39, 0.29) is 0 Å². The third-order valence-corrected chi connectivity index (χ3v) is 1.96. The molecule has 0 fully saturated rings. The summed E-state index contributed by atoms with van der Waals surface area (Å²) in [6.07, 6.45) is 1.74. The molecular weight excluding hydrogens is 176 g/mol. The molecule has 0 amide bonds. The van der Waals surface area contributed by atoms with Gasteiger partial charge in [-0.25, -0.2) is 0 Å². The topological polar surface area (TPSA) is 37.9 Å². The zero-order chi connectivity index (χ0) is 9.80. The van der Waals surface area contributed by atoms with Crippen LogP contribution in [-0.2, 0) is 0 Å². The fraction of sp³-hybridized carbons (Fsp3) is 0.182. The smallest absolute Gasteiger partial charge is 0.119 e. The minimum atomic E-state index is 0.687. The Labute approximate surface area is 82.7 Å². The van der Waals surface area contributed by atoms with Gasteiger partial charge in [0, 0.05) is 11.8 Å². The second-order valence-corrected chi connectivity index (χ2v) is 2.93. The summed E-state index contributed by atoms with van der Waals surface area (Å²) in [6.45, 7) is 2.66. The number of hydrogen-bond acceptors (Lipinski definition) is 2. The Hall–Kier alpha value is -1.77. The first-order valence-corrected chi connectivity index (χ1v) is 4.63. The number of aromatic amines is 1. The first kappa shape index (κ1) is 8.81. The van der Waals surface area contributed by atoms with Crippen LogP contribution in [0, 0.1) is 0 Å². The number of benzene rings is 1. The van der Waals surface area contributed by atoms with E-state index in [0.717, 1.165) is 17.0 Å². The average molecular weight is 188 g/mol. The van der Waals surface area contributed by atoms with Crippen molar-refractivity contribution in [2.75, 3.05) is 6.61 Å². The van der Waals surface area contributed by atoms with Crippen LogP contribution < -0.4 is 4.74 Å². The van der Waals surface area contributed by atoms with Crippen molar-refractivity contribution in [3.8, 4) is 17.0 Å². The lowest BCUT2D eigenvalue weighted by Crippen LogP contribution is -1.91. The minimum absolute atomic E-state index is 0.687. The van der Waals surface area contributed by atoms with Crippen molar-refractivity contribution in [3.05, 3.63) is 36.5 Å². The van der Waals surface area contributed by atoms with E-state index in [2.05, 4.69) is 10.2 Å². The third kappa shape index (κ3) is 1.76. The molecule has 1 aromatic heterocycles. The maximum atomic E-state index is 5.41. The SMILES string of the molecule is CCOc1cccc(-c2ccn[nH]2)c1. The minimum Gasteiger partial charge on any atom is -0.494 e. The molecule has 0 spiro atoms. The van der Waals surface area contributed by atoms with Crippen molar-refractivity contribution >= 4 is 0 Å². The van der Waals surface area contributed by atoms with Crippen LogP contribution in [0.2, 0.25) is 0 Å². The number of nitrogens with zero attached hydrogens (tertiary/aromatic N) is 1. The van der Waals surface area contributed by atoms with E-state index in [1.807, 2.05) is 37.3 Å². The van der Waals surface area contributed by atoms with Gasteiger partial charge in [-0.1, -0.05) is 12.1 Å². The van der Waals surface area contributed by atoms with Gasteiger partial charge in [-0.3, -0.25) is 5.10 Å². The standard InChI is InChI=1S/C11H12N2O/c1-2-14-10-5-3-4-9(8-10)11-6-7-12-13-11/h3-8H,2H2,1H3,(H,12,13). The lowest BCUT2D eigenvalue weighted by atomic mass is 10.1. The van der Waals surface area contributed by atoms with Gasteiger partial charge in [0.1, 0.15) is 5.75 Å². The van der Waals surface area contributed by atoms with Crippen molar-refractivity contribution in [2.24, 2.45) is 0 Å². The predicted molar refractivity (Wildman–Crippen MR) is 55.2 cm³/mol. The van der Waals surface area contributed by atoms with Gasteiger partial charge in [0.15, 0.2) is 0 Å². The first-order chi connectivity index (χ1) is 6.90. The summed E-state index contributed by atoms with van der Waals surface area (Å²) in [5.41, 5.74) is 2.10. The molecule has 1 heterocycles. The van der Waals surface area contributed by atoms with E-state index in [1.54, 1.807) is 6.20 Å². The van der Waals surface area contributed by atoms with Crippen molar-refractivity contribution < 1.29 is 4.74 Å². The van der Waals surface area contributed by atoms with E-state index in [0.29, 0.717) is 6.61 Å². The molecule has 0 saturated carbocycles. The predicted octanol–water partition coefficient (Wildman–Crippen LogP) is 2.48. The third-order valence-electron chi connectivity index (χ3n) is 1.96. The van der Waals surface area contributed by atoms with Crippen LogP contribution in [0.25, 0.3) is 11.3 Å². The Morgan fingerprint density at radius 1 is 1.36 bits per heavy atom. The number of nitrogens with one attached hydrogen (secondary N) is 1. The summed E-state index contributed by atoms with van der Waals surface area (Å²) in [5, 5.41) is 6.83. The van der Waals surface area contributed by atoms with Crippen LogP contribution in [0.5, 0.6) is 5.75 Å². The zero-order valence-electron chi connectivity index (χ0n) is 8.03. The number of aromatic nitrogens is 2. The van der Waals surface area contributed by atoms with Crippen molar-refractivity contribution in [1.29, 1.82) is 0 Å². The van der Waals surface area contributed by atoms with Crippen molar-refractivity contribution in [1.82, 2.24) is 10.2 Å². The van der Waals surface area contributed by atoms with Crippen LogP contribution >= 0.6 is 0 Å². The lowest BCUT2D eigenvalue weighted by molar-refractivity contribution is 0.340. The van der Waals surface area contributed by atoms with Gasteiger partial charge in [-0.15, -0.1) is 0 Å². The fourth-order valence-corrected chi connectivity index (χ4v) is 1.34. The number of hydrogen-bond donors (Lipinski definition) is 1. The van der Waals surface area contributed by atoms with E-state index < -0.39 is 0 Å². The Morgan fingerprint density at radius 3 is 3.00 bits per heavy atom. The monoisotopic (exact) mass is 188 g/mol. The Kier molecular flexibility index (Phi) is 2.49. The number of H-pyrrole nitrogens is 1. The zero-order valence-corrected chi connectivity index (χ0v) is 8.03. The maximum Gasteiger partial charge on any atom is 0.119 e. The van der Waals surface area contributed by atoms with Crippen LogP contribution in [0.3, 0.4) is 0 Å². The molecule has 3 heteroatoms. The molecule has 2 rings (SSSR count). The van der Waals surface area contributed by atoms with Gasteiger partial charge in [0.2, 0.25) is 0 Å². The normalized spacial score (nSPS) is 10.1. The van der Waals surface area contributed by atoms with Crippen LogP contribution in [0.4, 0.5) is 0 Å². The molecule has 72 valence electrons. The quantitative estimate of drug-likeness (QED) is 0.803. The Morgan fingerprint density at radius 2 is 2.29 bits per heavy atom. The van der Waals surface area contributed by atoms with Gasteiger partial charge in [0.25, 0.3) is 0 Å². The highest BCUT2D eigenvalue weighted by Gasteiger charge is 1.99. The number of rotatable bonds is 3. The van der Waals surface area contributed by atoms with Gasteiger partial charge in [-0.2, -0.15) is 5.10 Å². The average Bonchev–Trinajstić information content (AvgIpc) is 2.71. The molecule has 0 unspecified atom stereocenters. The molecule has 0 saturated heterocycles. The lowest BCUT2D eigenvalue weighted by Gasteiger charge is -2.04. The molecule has 0 aliphatic carbocycles. The molecule has 0 aliphatic heterocycles. The molecule has 2 aromatic rings.